The van der Waals surface area contributed by atoms with E-state index < -0.39 is 12.0 Å². The lowest BCUT2D eigenvalue weighted by atomic mass is 10.0. The van der Waals surface area contributed by atoms with Crippen LogP contribution in [0.4, 0.5) is 5.69 Å². The van der Waals surface area contributed by atoms with Gasteiger partial charge in [-0.2, -0.15) is 0 Å². The fourth-order valence-electron chi connectivity index (χ4n) is 2.01. The summed E-state index contributed by atoms with van der Waals surface area (Å²) in [7, 11) is 0. The van der Waals surface area contributed by atoms with E-state index in [-0.39, 0.29) is 12.2 Å². The molecule has 0 saturated carbocycles. The number of ketones is 1. The van der Waals surface area contributed by atoms with Gasteiger partial charge in [-0.05, 0) is 24.6 Å². The predicted molar refractivity (Wildman–Crippen MR) is 86.6 cm³/mol. The topological polar surface area (TPSA) is 66.4 Å². The second-order valence-electron chi connectivity index (χ2n) is 4.99. The van der Waals surface area contributed by atoms with Gasteiger partial charge in [0.05, 0.1) is 0 Å². The summed E-state index contributed by atoms with van der Waals surface area (Å²) in [6, 6.07) is 12.8. The molecule has 2 N–H and O–H groups in total. The van der Waals surface area contributed by atoms with Crippen molar-refractivity contribution in [3.8, 4) is 0 Å². The van der Waals surface area contributed by atoms with Gasteiger partial charge in [0.2, 0.25) is 0 Å². The predicted octanol–water partition coefficient (Wildman–Crippen LogP) is 3.79. The summed E-state index contributed by atoms with van der Waals surface area (Å²) in [5.41, 5.74) is 1.97. The Balaban J connectivity index is 2.12. The Morgan fingerprint density at radius 3 is 2.45 bits per heavy atom. The first-order valence-electron chi connectivity index (χ1n) is 6.81. The summed E-state index contributed by atoms with van der Waals surface area (Å²) in [5, 5.41) is 12.7. The van der Waals surface area contributed by atoms with Crippen LogP contribution in [0.15, 0.2) is 48.5 Å². The van der Waals surface area contributed by atoms with E-state index in [0.29, 0.717) is 16.3 Å². The molecule has 22 heavy (non-hydrogen) atoms. The summed E-state index contributed by atoms with van der Waals surface area (Å²) >= 11 is 6.02. The normalized spacial score (nSPS) is 11.7. The van der Waals surface area contributed by atoms with E-state index in [2.05, 4.69) is 5.32 Å². The van der Waals surface area contributed by atoms with Crippen molar-refractivity contribution in [2.45, 2.75) is 19.4 Å². The molecule has 0 spiro atoms. The van der Waals surface area contributed by atoms with Crippen LogP contribution >= 0.6 is 11.6 Å². The molecule has 2 rings (SSSR count). The van der Waals surface area contributed by atoms with Crippen molar-refractivity contribution in [2.75, 3.05) is 5.32 Å². The highest BCUT2D eigenvalue weighted by molar-refractivity contribution is 6.31. The number of carboxylic acid groups (broad SMARTS) is 1. The van der Waals surface area contributed by atoms with Crippen LogP contribution in [-0.4, -0.2) is 22.9 Å². The average Bonchev–Trinajstić information content (AvgIpc) is 2.51. The molecule has 0 aromatic heterocycles. The summed E-state index contributed by atoms with van der Waals surface area (Å²) in [6.45, 7) is 1.86. The van der Waals surface area contributed by atoms with Crippen LogP contribution in [0.3, 0.4) is 0 Å². The number of carbonyl (C=O) groups is 2. The van der Waals surface area contributed by atoms with Gasteiger partial charge in [-0.1, -0.05) is 48.0 Å². The average molecular weight is 318 g/mol. The minimum atomic E-state index is -1.08. The van der Waals surface area contributed by atoms with Crippen LogP contribution < -0.4 is 5.32 Å². The van der Waals surface area contributed by atoms with E-state index in [0.717, 1.165) is 5.56 Å². The molecule has 0 aliphatic rings. The second-order valence-corrected chi connectivity index (χ2v) is 5.40. The Kier molecular flexibility index (Phi) is 5.17. The quantitative estimate of drug-likeness (QED) is 0.796. The maximum absolute atomic E-state index is 12.1. The minimum Gasteiger partial charge on any atom is -0.480 e. The zero-order chi connectivity index (χ0) is 16.1. The Labute approximate surface area is 133 Å². The van der Waals surface area contributed by atoms with Crippen LogP contribution in [0.5, 0.6) is 0 Å². The fourth-order valence-corrected chi connectivity index (χ4v) is 2.19. The van der Waals surface area contributed by atoms with Gasteiger partial charge in [0.25, 0.3) is 0 Å². The van der Waals surface area contributed by atoms with Gasteiger partial charge in [0.15, 0.2) is 5.78 Å². The van der Waals surface area contributed by atoms with Crippen LogP contribution in [0, 0.1) is 6.92 Å². The standard InChI is InChI=1S/C17H16ClNO3/c1-11-7-8-13(9-14(11)18)19-15(17(21)22)10-16(20)12-5-3-2-4-6-12/h2-9,15,19H,10H2,1H3,(H,21,22)/t15-/m0/s1. The van der Waals surface area contributed by atoms with Crippen molar-refractivity contribution in [2.24, 2.45) is 0 Å². The number of carbonyl (C=O) groups excluding carboxylic acids is 1. The fraction of sp³-hybridized carbons (Fsp3) is 0.176. The van der Waals surface area contributed by atoms with Crippen molar-refractivity contribution in [3.63, 3.8) is 0 Å². The summed E-state index contributed by atoms with van der Waals surface area (Å²) in [4.78, 5) is 23.5. The molecular weight excluding hydrogens is 302 g/mol. The third-order valence-electron chi connectivity index (χ3n) is 3.30. The van der Waals surface area contributed by atoms with E-state index in [1.807, 2.05) is 6.92 Å². The SMILES string of the molecule is Cc1ccc(N[C@@H](CC(=O)c2ccccc2)C(=O)O)cc1Cl. The van der Waals surface area contributed by atoms with Crippen molar-refractivity contribution in [1.82, 2.24) is 0 Å². The van der Waals surface area contributed by atoms with Crippen molar-refractivity contribution in [3.05, 3.63) is 64.7 Å². The van der Waals surface area contributed by atoms with Crippen molar-refractivity contribution >= 4 is 29.0 Å². The molecule has 2 aromatic carbocycles. The first kappa shape index (κ1) is 16.0. The highest BCUT2D eigenvalue weighted by atomic mass is 35.5. The van der Waals surface area contributed by atoms with Crippen molar-refractivity contribution in [1.29, 1.82) is 0 Å². The number of aryl methyl sites for hydroxylation is 1. The first-order chi connectivity index (χ1) is 10.5. The van der Waals surface area contributed by atoms with Crippen molar-refractivity contribution < 1.29 is 14.7 Å². The third-order valence-corrected chi connectivity index (χ3v) is 3.70. The van der Waals surface area contributed by atoms with Gasteiger partial charge in [0.1, 0.15) is 6.04 Å². The molecule has 0 radical (unpaired) electrons. The van der Waals surface area contributed by atoms with Gasteiger partial charge in [-0.3, -0.25) is 4.79 Å². The van der Waals surface area contributed by atoms with Gasteiger partial charge in [-0.15, -0.1) is 0 Å². The number of halogens is 1. The van der Waals surface area contributed by atoms with Gasteiger partial charge in [0, 0.05) is 22.7 Å². The lowest BCUT2D eigenvalue weighted by Gasteiger charge is -2.16. The molecule has 2 aromatic rings. The molecule has 0 aliphatic carbocycles. The van der Waals surface area contributed by atoms with Crippen LogP contribution in [-0.2, 0) is 4.79 Å². The second kappa shape index (κ2) is 7.09. The number of benzene rings is 2. The molecule has 5 heteroatoms. The molecule has 0 heterocycles. The zero-order valence-electron chi connectivity index (χ0n) is 12.0. The minimum absolute atomic E-state index is 0.134. The molecule has 114 valence electrons. The molecule has 0 aliphatic heterocycles. The number of aliphatic carboxylic acids is 1. The molecule has 0 bridgehead atoms. The molecule has 0 unspecified atom stereocenters. The number of hydrogen-bond donors (Lipinski definition) is 2. The van der Waals surface area contributed by atoms with Crippen LogP contribution in [0.1, 0.15) is 22.3 Å². The molecule has 4 nitrogen and oxygen atoms in total. The largest absolute Gasteiger partial charge is 0.480 e. The third kappa shape index (κ3) is 4.09. The molecular formula is C17H16ClNO3. The Morgan fingerprint density at radius 2 is 1.86 bits per heavy atom. The van der Waals surface area contributed by atoms with E-state index in [4.69, 9.17) is 11.6 Å². The summed E-state index contributed by atoms with van der Waals surface area (Å²) in [5.74, 6) is -1.31. The molecule has 1 atom stereocenters. The summed E-state index contributed by atoms with van der Waals surface area (Å²) < 4.78 is 0. The van der Waals surface area contributed by atoms with Crippen LogP contribution in [0.2, 0.25) is 5.02 Å². The monoisotopic (exact) mass is 317 g/mol. The number of Topliss-reactive ketones (excluding diaryl/α,β-unsaturated/α-hetero) is 1. The van der Waals surface area contributed by atoms with Gasteiger partial charge in [-0.25, -0.2) is 4.79 Å². The van der Waals surface area contributed by atoms with E-state index in [1.165, 1.54) is 0 Å². The maximum atomic E-state index is 12.1. The number of nitrogens with one attached hydrogen (secondary N) is 1. The lowest BCUT2D eigenvalue weighted by Crippen LogP contribution is -2.31. The van der Waals surface area contributed by atoms with E-state index in [9.17, 15) is 14.7 Å². The smallest absolute Gasteiger partial charge is 0.326 e. The lowest BCUT2D eigenvalue weighted by molar-refractivity contribution is -0.137. The summed E-state index contributed by atoms with van der Waals surface area (Å²) in [6.07, 6.45) is -0.134. The van der Waals surface area contributed by atoms with E-state index in [1.54, 1.807) is 48.5 Å². The molecule has 0 fully saturated rings. The first-order valence-corrected chi connectivity index (χ1v) is 7.19. The Morgan fingerprint density at radius 1 is 1.18 bits per heavy atom. The maximum Gasteiger partial charge on any atom is 0.326 e. The Bertz CT molecular complexity index is 686. The molecule has 0 saturated heterocycles. The van der Waals surface area contributed by atoms with Crippen LogP contribution in [0.25, 0.3) is 0 Å². The number of carboxylic acids is 1. The number of rotatable bonds is 6. The molecule has 0 amide bonds. The zero-order valence-corrected chi connectivity index (χ0v) is 12.8. The highest BCUT2D eigenvalue weighted by Crippen LogP contribution is 2.21. The highest BCUT2D eigenvalue weighted by Gasteiger charge is 2.22. The Hall–Kier alpha value is -2.33. The number of anilines is 1. The van der Waals surface area contributed by atoms with Gasteiger partial charge < -0.3 is 10.4 Å². The van der Waals surface area contributed by atoms with Gasteiger partial charge >= 0.3 is 5.97 Å². The van der Waals surface area contributed by atoms with E-state index >= 15 is 0 Å². The number of hydrogen-bond acceptors (Lipinski definition) is 3.